The number of imide groups is 1. The van der Waals surface area contributed by atoms with Gasteiger partial charge >= 0.3 is 0 Å². The van der Waals surface area contributed by atoms with Crippen molar-refractivity contribution in [3.05, 3.63) is 94.7 Å². The van der Waals surface area contributed by atoms with E-state index in [0.29, 0.717) is 41.5 Å². The van der Waals surface area contributed by atoms with Crippen LogP contribution in [0.1, 0.15) is 22.3 Å². The van der Waals surface area contributed by atoms with Crippen molar-refractivity contribution in [1.82, 2.24) is 4.90 Å². The van der Waals surface area contributed by atoms with Crippen LogP contribution in [0.4, 0.5) is 5.69 Å². The lowest BCUT2D eigenvalue weighted by Crippen LogP contribution is -2.37. The Morgan fingerprint density at radius 3 is 2.21 bits per heavy atom. The first kappa shape index (κ1) is 21.8. The van der Waals surface area contributed by atoms with Crippen LogP contribution in [-0.4, -0.2) is 37.5 Å². The van der Waals surface area contributed by atoms with Gasteiger partial charge < -0.3 is 14.4 Å². The van der Waals surface area contributed by atoms with Crippen LogP contribution in [0.25, 0.3) is 5.57 Å². The van der Waals surface area contributed by atoms with E-state index in [2.05, 4.69) is 12.1 Å². The number of hydrogen-bond donors (Lipinski definition) is 0. The Hall–Kier alpha value is -4.06. The highest BCUT2D eigenvalue weighted by molar-refractivity contribution is 6.45. The fraction of sp³-hybridized carbons (Fsp3) is 0.214. The van der Waals surface area contributed by atoms with E-state index in [-0.39, 0.29) is 11.8 Å². The number of fused-ring (bicyclic) bond motifs is 1. The largest absolute Gasteiger partial charge is 0.493 e. The van der Waals surface area contributed by atoms with Crippen LogP contribution in [0.5, 0.6) is 11.5 Å². The van der Waals surface area contributed by atoms with E-state index in [4.69, 9.17) is 9.47 Å². The van der Waals surface area contributed by atoms with Crippen molar-refractivity contribution in [3.8, 4) is 11.5 Å². The highest BCUT2D eigenvalue weighted by atomic mass is 16.5. The number of anilines is 1. The molecule has 2 heterocycles. The van der Waals surface area contributed by atoms with Crippen molar-refractivity contribution in [2.45, 2.75) is 19.9 Å². The molecular formula is C28H26N2O4. The summed E-state index contributed by atoms with van der Waals surface area (Å²) >= 11 is 0. The maximum absolute atomic E-state index is 13.9. The van der Waals surface area contributed by atoms with E-state index in [9.17, 15) is 9.59 Å². The molecule has 34 heavy (non-hydrogen) atoms. The van der Waals surface area contributed by atoms with Gasteiger partial charge in [-0.15, -0.1) is 0 Å². The van der Waals surface area contributed by atoms with Crippen LogP contribution in [0.15, 0.2) is 72.4 Å². The van der Waals surface area contributed by atoms with Gasteiger partial charge in [-0.05, 0) is 42.2 Å². The second kappa shape index (κ2) is 8.71. The summed E-state index contributed by atoms with van der Waals surface area (Å²) in [5.74, 6) is 0.324. The van der Waals surface area contributed by atoms with Crippen LogP contribution in [0, 0.1) is 6.92 Å². The predicted molar refractivity (Wildman–Crippen MR) is 131 cm³/mol. The molecule has 0 radical (unpaired) electrons. The summed E-state index contributed by atoms with van der Waals surface area (Å²) in [4.78, 5) is 31.0. The smallest absolute Gasteiger partial charge is 0.282 e. The first-order valence-electron chi connectivity index (χ1n) is 11.3. The maximum Gasteiger partial charge on any atom is 0.282 e. The van der Waals surface area contributed by atoms with Gasteiger partial charge in [-0.3, -0.25) is 9.59 Å². The van der Waals surface area contributed by atoms with Gasteiger partial charge in [0.2, 0.25) is 0 Å². The van der Waals surface area contributed by atoms with Crippen LogP contribution in [-0.2, 0) is 22.6 Å². The second-order valence-corrected chi connectivity index (χ2v) is 8.51. The van der Waals surface area contributed by atoms with E-state index in [0.717, 1.165) is 17.5 Å². The Bertz CT molecular complexity index is 1310. The number of methoxy groups -OCH3 is 2. The number of hydrogen-bond acceptors (Lipinski definition) is 5. The minimum atomic E-state index is -0.338. The number of carbonyl (C=O) groups is 2. The van der Waals surface area contributed by atoms with Crippen molar-refractivity contribution in [3.63, 3.8) is 0 Å². The van der Waals surface area contributed by atoms with E-state index in [1.165, 1.54) is 23.1 Å². The van der Waals surface area contributed by atoms with E-state index in [1.807, 2.05) is 48.2 Å². The Balaban J connectivity index is 1.61. The molecule has 0 N–H and O–H groups in total. The minimum Gasteiger partial charge on any atom is -0.493 e. The molecule has 2 aliphatic rings. The molecule has 0 unspecified atom stereocenters. The number of carbonyl (C=O) groups excluding carboxylic acids is 2. The third-order valence-corrected chi connectivity index (χ3v) is 6.47. The standard InChI is InChI=1S/C28H26N2O4/c1-18-8-10-20(11-9-18)25-26(29-15-14-19-6-4-5-7-21(19)17-29)28(32)30(27(25)31)22-12-13-23(33-2)24(16-22)34-3/h4-13,16H,14-15,17H2,1-3H3. The average molecular weight is 455 g/mol. The molecule has 2 aliphatic heterocycles. The van der Waals surface area contributed by atoms with Crippen molar-refractivity contribution >= 4 is 23.1 Å². The molecule has 6 heteroatoms. The Morgan fingerprint density at radius 1 is 0.794 bits per heavy atom. The summed E-state index contributed by atoms with van der Waals surface area (Å²) in [5.41, 5.74) is 5.60. The lowest BCUT2D eigenvalue weighted by Gasteiger charge is -2.31. The fourth-order valence-corrected chi connectivity index (χ4v) is 4.68. The molecule has 0 atom stereocenters. The van der Waals surface area contributed by atoms with Crippen LogP contribution in [0.2, 0.25) is 0 Å². The fourth-order valence-electron chi connectivity index (χ4n) is 4.68. The number of nitrogens with zero attached hydrogens (tertiary/aromatic N) is 2. The molecule has 5 rings (SSSR count). The molecule has 0 aromatic heterocycles. The molecule has 172 valence electrons. The minimum absolute atomic E-state index is 0.327. The van der Waals surface area contributed by atoms with Crippen LogP contribution < -0.4 is 14.4 Å². The Kier molecular flexibility index (Phi) is 5.57. The summed E-state index contributed by atoms with van der Waals surface area (Å²) in [6.07, 6.45) is 0.818. The zero-order chi connectivity index (χ0) is 23.8. The molecule has 3 aromatic rings. The monoisotopic (exact) mass is 454 g/mol. The molecular weight excluding hydrogens is 428 g/mol. The summed E-state index contributed by atoms with van der Waals surface area (Å²) < 4.78 is 10.7. The third kappa shape index (κ3) is 3.61. The first-order chi connectivity index (χ1) is 16.5. The molecule has 0 bridgehead atoms. The van der Waals surface area contributed by atoms with Crippen molar-refractivity contribution in [2.75, 3.05) is 25.7 Å². The SMILES string of the molecule is COc1ccc(N2C(=O)C(c3ccc(C)cc3)=C(N3CCc4ccccc4C3)C2=O)cc1OC. The van der Waals surface area contributed by atoms with Crippen LogP contribution >= 0.6 is 0 Å². The van der Waals surface area contributed by atoms with E-state index < -0.39 is 0 Å². The molecule has 2 amide bonds. The quantitative estimate of drug-likeness (QED) is 0.537. The highest BCUT2D eigenvalue weighted by Crippen LogP contribution is 2.39. The number of ether oxygens (including phenoxy) is 2. The molecule has 0 saturated carbocycles. The summed E-state index contributed by atoms with van der Waals surface area (Å²) in [6.45, 7) is 3.25. The van der Waals surface area contributed by atoms with Gasteiger partial charge in [0.15, 0.2) is 11.5 Å². The van der Waals surface area contributed by atoms with Gasteiger partial charge in [0, 0.05) is 19.2 Å². The van der Waals surface area contributed by atoms with Crippen molar-refractivity contribution in [2.24, 2.45) is 0 Å². The third-order valence-electron chi connectivity index (χ3n) is 6.47. The number of benzene rings is 3. The van der Waals surface area contributed by atoms with Crippen molar-refractivity contribution < 1.29 is 19.1 Å². The van der Waals surface area contributed by atoms with Gasteiger partial charge in [-0.25, -0.2) is 4.90 Å². The second-order valence-electron chi connectivity index (χ2n) is 8.51. The normalized spacial score (nSPS) is 15.6. The van der Waals surface area contributed by atoms with Gasteiger partial charge in [-0.2, -0.15) is 0 Å². The van der Waals surface area contributed by atoms with Gasteiger partial charge in [-0.1, -0.05) is 54.1 Å². The van der Waals surface area contributed by atoms with Crippen molar-refractivity contribution in [1.29, 1.82) is 0 Å². The lowest BCUT2D eigenvalue weighted by molar-refractivity contribution is -0.120. The van der Waals surface area contributed by atoms with E-state index in [1.54, 1.807) is 25.3 Å². The molecule has 0 spiro atoms. The van der Waals surface area contributed by atoms with Gasteiger partial charge in [0.05, 0.1) is 25.5 Å². The molecule has 0 fully saturated rings. The van der Waals surface area contributed by atoms with Gasteiger partial charge in [0.1, 0.15) is 5.70 Å². The zero-order valence-corrected chi connectivity index (χ0v) is 19.5. The summed E-state index contributed by atoms with van der Waals surface area (Å²) in [5, 5.41) is 0. The lowest BCUT2D eigenvalue weighted by atomic mass is 9.97. The molecule has 3 aromatic carbocycles. The first-order valence-corrected chi connectivity index (χ1v) is 11.3. The summed E-state index contributed by atoms with van der Waals surface area (Å²) in [7, 11) is 3.08. The zero-order valence-electron chi connectivity index (χ0n) is 19.5. The molecule has 0 aliphatic carbocycles. The average Bonchev–Trinajstić information content (AvgIpc) is 3.13. The highest BCUT2D eigenvalue weighted by Gasteiger charge is 2.43. The number of rotatable bonds is 5. The Labute approximate surface area is 199 Å². The summed E-state index contributed by atoms with van der Waals surface area (Å²) in [6, 6.07) is 21.1. The predicted octanol–water partition coefficient (Wildman–Crippen LogP) is 4.36. The topological polar surface area (TPSA) is 59.1 Å². The Morgan fingerprint density at radius 2 is 1.50 bits per heavy atom. The maximum atomic E-state index is 13.9. The van der Waals surface area contributed by atoms with E-state index >= 15 is 0 Å². The van der Waals surface area contributed by atoms with Gasteiger partial charge in [0.25, 0.3) is 11.8 Å². The molecule has 6 nitrogen and oxygen atoms in total. The number of amides is 2. The number of aryl methyl sites for hydroxylation is 1. The van der Waals surface area contributed by atoms with Crippen LogP contribution in [0.3, 0.4) is 0 Å². The molecule has 0 saturated heterocycles.